The van der Waals surface area contributed by atoms with Crippen LogP contribution in [0.15, 0.2) is 6.07 Å². The van der Waals surface area contributed by atoms with Crippen LogP contribution in [0.1, 0.15) is 24.2 Å². The van der Waals surface area contributed by atoms with Crippen molar-refractivity contribution in [2.75, 3.05) is 13.2 Å². The van der Waals surface area contributed by atoms with Crippen LogP contribution in [0.2, 0.25) is 0 Å². The summed E-state index contributed by atoms with van der Waals surface area (Å²) < 4.78 is 6.84. The van der Waals surface area contributed by atoms with E-state index < -0.39 is 17.5 Å². The molecule has 2 rings (SSSR count). The Morgan fingerprint density at radius 1 is 1.48 bits per heavy atom. The molecule has 0 aliphatic carbocycles. The summed E-state index contributed by atoms with van der Waals surface area (Å²) in [5, 5.41) is 18.8. The van der Waals surface area contributed by atoms with E-state index in [4.69, 9.17) is 4.74 Å². The van der Waals surface area contributed by atoms with E-state index in [2.05, 4.69) is 15.7 Å². The molecule has 0 saturated carbocycles. The number of aliphatic carboxylic acids is 1. The topological polar surface area (TPSA) is 105 Å². The molecule has 1 saturated heterocycles. The van der Waals surface area contributed by atoms with Gasteiger partial charge >= 0.3 is 12.0 Å². The zero-order chi connectivity index (χ0) is 15.5. The molecule has 0 atom stereocenters. The molecule has 21 heavy (non-hydrogen) atoms. The number of hydrogen-bond donors (Lipinski definition) is 3. The first-order valence-corrected chi connectivity index (χ1v) is 6.80. The van der Waals surface area contributed by atoms with Crippen molar-refractivity contribution in [1.29, 1.82) is 0 Å². The van der Waals surface area contributed by atoms with Crippen LogP contribution in [0, 0.1) is 6.92 Å². The van der Waals surface area contributed by atoms with E-state index >= 15 is 0 Å². The largest absolute Gasteiger partial charge is 0.480 e. The van der Waals surface area contributed by atoms with Gasteiger partial charge in [-0.15, -0.1) is 0 Å². The van der Waals surface area contributed by atoms with E-state index in [0.29, 0.717) is 13.2 Å². The normalized spacial score (nSPS) is 17.2. The minimum Gasteiger partial charge on any atom is -0.480 e. The number of carbonyl (C=O) groups excluding carboxylic acids is 1. The predicted molar refractivity (Wildman–Crippen MR) is 73.7 cm³/mol. The number of ether oxygens (including phenoxy) is 1. The Hall–Kier alpha value is -2.09. The average molecular weight is 296 g/mol. The van der Waals surface area contributed by atoms with Crippen molar-refractivity contribution in [3.63, 3.8) is 0 Å². The monoisotopic (exact) mass is 296 g/mol. The third kappa shape index (κ3) is 3.52. The summed E-state index contributed by atoms with van der Waals surface area (Å²) in [5.41, 5.74) is 0.463. The first kappa shape index (κ1) is 15.3. The second kappa shape index (κ2) is 6.13. The van der Waals surface area contributed by atoms with Gasteiger partial charge in [-0.2, -0.15) is 5.10 Å². The molecule has 0 unspecified atom stereocenters. The van der Waals surface area contributed by atoms with E-state index in [1.165, 1.54) is 0 Å². The van der Waals surface area contributed by atoms with Crippen molar-refractivity contribution in [3.8, 4) is 0 Å². The first-order chi connectivity index (χ1) is 9.93. The van der Waals surface area contributed by atoms with Gasteiger partial charge in [0.2, 0.25) is 0 Å². The minimum atomic E-state index is -1.25. The molecule has 0 aromatic carbocycles. The fourth-order valence-electron chi connectivity index (χ4n) is 2.37. The molecule has 1 aliphatic rings. The maximum absolute atomic E-state index is 12.0. The van der Waals surface area contributed by atoms with E-state index in [-0.39, 0.29) is 19.4 Å². The molecular formula is C13H20N4O4. The highest BCUT2D eigenvalue weighted by atomic mass is 16.5. The van der Waals surface area contributed by atoms with Crippen LogP contribution < -0.4 is 10.6 Å². The summed E-state index contributed by atoms with van der Waals surface area (Å²) in [5.74, 6) is -1.03. The quantitative estimate of drug-likeness (QED) is 0.734. The fraction of sp³-hybridized carbons (Fsp3) is 0.615. The van der Waals surface area contributed by atoms with Crippen LogP contribution in [-0.2, 0) is 23.1 Å². The van der Waals surface area contributed by atoms with Crippen molar-refractivity contribution in [1.82, 2.24) is 20.4 Å². The van der Waals surface area contributed by atoms with Crippen LogP contribution >= 0.6 is 0 Å². The second-order valence-corrected chi connectivity index (χ2v) is 5.21. The Morgan fingerprint density at radius 3 is 2.67 bits per heavy atom. The fourth-order valence-corrected chi connectivity index (χ4v) is 2.37. The summed E-state index contributed by atoms with van der Waals surface area (Å²) in [6.07, 6.45) is 0.529. The number of hydrogen-bond acceptors (Lipinski definition) is 4. The van der Waals surface area contributed by atoms with Gasteiger partial charge < -0.3 is 20.5 Å². The smallest absolute Gasteiger partial charge is 0.329 e. The molecule has 0 spiro atoms. The van der Waals surface area contributed by atoms with Crippen molar-refractivity contribution >= 4 is 12.0 Å². The van der Waals surface area contributed by atoms with Gasteiger partial charge in [-0.3, -0.25) is 4.68 Å². The van der Waals surface area contributed by atoms with E-state index in [0.717, 1.165) is 11.4 Å². The van der Waals surface area contributed by atoms with Crippen LogP contribution in [0.5, 0.6) is 0 Å². The number of aryl methyl sites for hydroxylation is 2. The SMILES string of the molecule is Cc1cc(CNC(=O)NC2(C(=O)O)CCOCC2)n(C)n1. The van der Waals surface area contributed by atoms with Gasteiger partial charge in [0.25, 0.3) is 0 Å². The van der Waals surface area contributed by atoms with Gasteiger partial charge in [0.15, 0.2) is 0 Å². The van der Waals surface area contributed by atoms with Crippen LogP contribution in [-0.4, -0.2) is 45.6 Å². The molecule has 8 nitrogen and oxygen atoms in total. The lowest BCUT2D eigenvalue weighted by Crippen LogP contribution is -2.59. The molecule has 0 radical (unpaired) electrons. The maximum Gasteiger partial charge on any atom is 0.329 e. The Bertz CT molecular complexity index is 534. The molecule has 1 aromatic rings. The molecule has 3 N–H and O–H groups in total. The number of carbonyl (C=O) groups is 2. The molecule has 1 aliphatic heterocycles. The highest BCUT2D eigenvalue weighted by molar-refractivity contribution is 5.86. The number of nitrogens with zero attached hydrogens (tertiary/aromatic N) is 2. The van der Waals surface area contributed by atoms with Crippen LogP contribution in [0.3, 0.4) is 0 Å². The maximum atomic E-state index is 12.0. The van der Waals surface area contributed by atoms with Gasteiger partial charge in [0.05, 0.1) is 17.9 Å². The van der Waals surface area contributed by atoms with Gasteiger partial charge in [-0.05, 0) is 13.0 Å². The summed E-state index contributed by atoms with van der Waals surface area (Å²) in [6.45, 7) is 2.81. The van der Waals surface area contributed by atoms with Gasteiger partial charge in [-0.1, -0.05) is 0 Å². The van der Waals surface area contributed by atoms with Crippen LogP contribution in [0.4, 0.5) is 4.79 Å². The van der Waals surface area contributed by atoms with E-state index in [1.54, 1.807) is 11.7 Å². The Morgan fingerprint density at radius 2 is 2.14 bits per heavy atom. The number of carboxylic acids is 1. The molecule has 1 fully saturated rings. The van der Waals surface area contributed by atoms with E-state index in [9.17, 15) is 14.7 Å². The molecule has 1 aromatic heterocycles. The first-order valence-electron chi connectivity index (χ1n) is 6.80. The summed E-state index contributed by atoms with van der Waals surface area (Å²) in [4.78, 5) is 23.4. The molecule has 116 valence electrons. The van der Waals surface area contributed by atoms with Crippen molar-refractivity contribution in [3.05, 3.63) is 17.5 Å². The highest BCUT2D eigenvalue weighted by Gasteiger charge is 2.41. The zero-order valence-electron chi connectivity index (χ0n) is 12.2. The third-order valence-electron chi connectivity index (χ3n) is 3.64. The number of rotatable bonds is 4. The number of urea groups is 1. The number of carboxylic acid groups (broad SMARTS) is 1. The van der Waals surface area contributed by atoms with Crippen molar-refractivity contribution in [2.24, 2.45) is 7.05 Å². The summed E-state index contributed by atoms with van der Waals surface area (Å²) in [6, 6.07) is 1.36. The van der Waals surface area contributed by atoms with Crippen molar-refractivity contribution < 1.29 is 19.4 Å². The minimum absolute atomic E-state index is 0.264. The Balaban J connectivity index is 1.94. The lowest BCUT2D eigenvalue weighted by molar-refractivity contribution is -0.148. The van der Waals surface area contributed by atoms with Crippen molar-refractivity contribution in [2.45, 2.75) is 31.8 Å². The molecule has 2 heterocycles. The van der Waals surface area contributed by atoms with Gasteiger partial charge in [0.1, 0.15) is 5.54 Å². The average Bonchev–Trinajstić information content (AvgIpc) is 2.75. The summed E-state index contributed by atoms with van der Waals surface area (Å²) in [7, 11) is 1.79. The number of aromatic nitrogens is 2. The molecule has 0 bridgehead atoms. The number of amides is 2. The predicted octanol–water partition coefficient (Wildman–Crippen LogP) is 0.162. The highest BCUT2D eigenvalue weighted by Crippen LogP contribution is 2.20. The van der Waals surface area contributed by atoms with Crippen LogP contribution in [0.25, 0.3) is 0 Å². The molecule has 8 heteroatoms. The molecular weight excluding hydrogens is 276 g/mol. The molecule has 2 amide bonds. The number of nitrogens with one attached hydrogen (secondary N) is 2. The zero-order valence-corrected chi connectivity index (χ0v) is 12.2. The van der Waals surface area contributed by atoms with Gasteiger partial charge in [-0.25, -0.2) is 9.59 Å². The third-order valence-corrected chi connectivity index (χ3v) is 3.64. The van der Waals surface area contributed by atoms with E-state index in [1.807, 2.05) is 13.0 Å². The lowest BCUT2D eigenvalue weighted by atomic mass is 9.90. The Labute approximate surface area is 122 Å². The lowest BCUT2D eigenvalue weighted by Gasteiger charge is -2.33. The van der Waals surface area contributed by atoms with Gasteiger partial charge in [0, 0.05) is 33.1 Å². The second-order valence-electron chi connectivity index (χ2n) is 5.21. The summed E-state index contributed by atoms with van der Waals surface area (Å²) >= 11 is 0. The standard InChI is InChI=1S/C13H20N4O4/c1-9-7-10(17(2)16-9)8-14-12(20)15-13(11(18)19)3-5-21-6-4-13/h7H,3-6,8H2,1-2H3,(H,18,19)(H2,14,15,20). The Kier molecular flexibility index (Phi) is 4.46.